The van der Waals surface area contributed by atoms with Crippen molar-refractivity contribution in [3.63, 3.8) is 0 Å². The van der Waals surface area contributed by atoms with Crippen molar-refractivity contribution in [3.8, 4) is 0 Å². The largest absolute Gasteiger partial charge is 0.354 e. The summed E-state index contributed by atoms with van der Waals surface area (Å²) in [7, 11) is 0. The van der Waals surface area contributed by atoms with Crippen LogP contribution in [0, 0.1) is 11.6 Å². The van der Waals surface area contributed by atoms with Gasteiger partial charge < -0.3 is 10.2 Å². The minimum Gasteiger partial charge on any atom is -0.354 e. The van der Waals surface area contributed by atoms with E-state index < -0.39 is 17.5 Å². The molecule has 4 rings (SSSR count). The molecule has 2 aromatic carbocycles. The van der Waals surface area contributed by atoms with Crippen LogP contribution in [0.2, 0.25) is 0 Å². The molecule has 1 amide bonds. The first kappa shape index (κ1) is 16.4. The van der Waals surface area contributed by atoms with Crippen LogP contribution in [0.15, 0.2) is 42.5 Å². The number of rotatable bonds is 3. The number of halogens is 2. The number of hydrogen-bond acceptors (Lipinski definition) is 4. The first-order valence-electron chi connectivity index (χ1n) is 8.39. The second kappa shape index (κ2) is 6.67. The van der Waals surface area contributed by atoms with Gasteiger partial charge >= 0.3 is 0 Å². The maximum absolute atomic E-state index is 13.4. The van der Waals surface area contributed by atoms with Gasteiger partial charge in [0.05, 0.1) is 11.0 Å². The summed E-state index contributed by atoms with van der Waals surface area (Å²) in [6.07, 6.45) is 2.08. The zero-order valence-corrected chi connectivity index (χ0v) is 13.9. The number of carbonyl (C=O) groups excluding carboxylic acids is 1. The molecule has 0 bridgehead atoms. The first-order valence-corrected chi connectivity index (χ1v) is 8.39. The summed E-state index contributed by atoms with van der Waals surface area (Å²) in [5.41, 5.74) is 1.25. The predicted molar refractivity (Wildman–Crippen MR) is 95.3 cm³/mol. The number of benzene rings is 2. The Morgan fingerprint density at radius 2 is 1.58 bits per heavy atom. The fourth-order valence-corrected chi connectivity index (χ4v) is 3.09. The van der Waals surface area contributed by atoms with Crippen LogP contribution >= 0.6 is 0 Å². The van der Waals surface area contributed by atoms with Crippen LogP contribution in [0.3, 0.4) is 0 Å². The Labute approximate surface area is 148 Å². The number of anilines is 2. The van der Waals surface area contributed by atoms with Crippen molar-refractivity contribution >= 4 is 28.6 Å². The lowest BCUT2D eigenvalue weighted by molar-refractivity contribution is 0.102. The van der Waals surface area contributed by atoms with Crippen LogP contribution in [0.5, 0.6) is 0 Å². The smallest absolute Gasteiger partial charge is 0.257 e. The number of hydrogen-bond donors (Lipinski definition) is 1. The van der Waals surface area contributed by atoms with E-state index in [1.165, 1.54) is 0 Å². The number of amides is 1. The average Bonchev–Trinajstić information content (AvgIpc) is 3.14. The van der Waals surface area contributed by atoms with E-state index in [-0.39, 0.29) is 5.56 Å². The second-order valence-corrected chi connectivity index (χ2v) is 6.19. The number of nitrogens with one attached hydrogen (secondary N) is 1. The van der Waals surface area contributed by atoms with Gasteiger partial charge in [-0.25, -0.2) is 18.7 Å². The van der Waals surface area contributed by atoms with Gasteiger partial charge in [-0.15, -0.1) is 0 Å². The Morgan fingerprint density at radius 3 is 2.23 bits per heavy atom. The van der Waals surface area contributed by atoms with Crippen molar-refractivity contribution in [2.75, 3.05) is 23.3 Å². The minimum absolute atomic E-state index is 0.107. The number of nitrogens with zero attached hydrogens (tertiary/aromatic N) is 3. The third-order valence-electron chi connectivity index (χ3n) is 4.31. The predicted octanol–water partition coefficient (Wildman–Crippen LogP) is 3.76. The highest BCUT2D eigenvalue weighted by molar-refractivity contribution is 6.05. The van der Waals surface area contributed by atoms with Crippen molar-refractivity contribution in [3.05, 3.63) is 59.7 Å². The van der Waals surface area contributed by atoms with Crippen LogP contribution in [0.4, 0.5) is 20.4 Å². The van der Waals surface area contributed by atoms with Gasteiger partial charge in [-0.1, -0.05) is 12.1 Å². The molecule has 1 fully saturated rings. The first-order chi connectivity index (χ1) is 12.6. The van der Waals surface area contributed by atoms with Crippen molar-refractivity contribution in [1.82, 2.24) is 9.97 Å². The summed E-state index contributed by atoms with van der Waals surface area (Å²) in [6.45, 7) is 1.65. The van der Waals surface area contributed by atoms with Crippen LogP contribution in [0.1, 0.15) is 23.2 Å². The molecule has 132 valence electrons. The highest BCUT2D eigenvalue weighted by atomic mass is 19.1. The van der Waals surface area contributed by atoms with Crippen molar-refractivity contribution in [2.24, 2.45) is 0 Å². The van der Waals surface area contributed by atoms with Crippen molar-refractivity contribution < 1.29 is 13.6 Å². The Kier molecular flexibility index (Phi) is 4.20. The molecule has 7 heteroatoms. The van der Waals surface area contributed by atoms with E-state index in [0.717, 1.165) is 49.6 Å². The van der Waals surface area contributed by atoms with E-state index in [1.54, 1.807) is 6.07 Å². The maximum atomic E-state index is 13.4. The number of carbonyl (C=O) groups is 1. The molecule has 0 unspecified atom stereocenters. The van der Waals surface area contributed by atoms with E-state index in [0.29, 0.717) is 17.2 Å². The molecule has 5 nitrogen and oxygen atoms in total. The standard InChI is InChI=1S/C19H16F2N4O/c20-13-9-12(10-14(21)11-13)19(26)24-17-18(25-7-3-4-8-25)23-16-6-2-1-5-15(16)22-17/h1-2,5-6,9-11H,3-4,7-8H2,(H,22,24,26). The van der Waals surface area contributed by atoms with Gasteiger partial charge in [-0.3, -0.25) is 4.79 Å². The van der Waals surface area contributed by atoms with E-state index in [2.05, 4.69) is 20.2 Å². The molecule has 3 aromatic rings. The molecule has 1 aliphatic heterocycles. The fourth-order valence-electron chi connectivity index (χ4n) is 3.09. The Bertz CT molecular complexity index is 966. The topological polar surface area (TPSA) is 58.1 Å². The SMILES string of the molecule is O=C(Nc1nc2ccccc2nc1N1CCCC1)c1cc(F)cc(F)c1. The number of fused-ring (bicyclic) bond motifs is 1. The summed E-state index contributed by atoms with van der Waals surface area (Å²) in [5, 5.41) is 2.66. The van der Waals surface area contributed by atoms with E-state index >= 15 is 0 Å². The minimum atomic E-state index is -0.806. The molecule has 0 saturated carbocycles. The normalized spacial score (nSPS) is 14.0. The molecular weight excluding hydrogens is 338 g/mol. The molecule has 1 saturated heterocycles. The molecule has 1 N–H and O–H groups in total. The number of para-hydroxylation sites is 2. The van der Waals surface area contributed by atoms with Crippen molar-refractivity contribution in [1.29, 1.82) is 0 Å². The molecule has 0 spiro atoms. The molecular formula is C19H16F2N4O. The third kappa shape index (κ3) is 3.20. The Hall–Kier alpha value is -3.09. The van der Waals surface area contributed by atoms with Gasteiger partial charge in [0.2, 0.25) is 0 Å². The highest BCUT2D eigenvalue weighted by Crippen LogP contribution is 2.28. The molecule has 0 aliphatic carbocycles. The summed E-state index contributed by atoms with van der Waals surface area (Å²) >= 11 is 0. The van der Waals surface area contributed by atoms with Crippen LogP contribution in [0.25, 0.3) is 11.0 Å². The molecule has 2 heterocycles. The summed E-state index contributed by atoms with van der Waals surface area (Å²) in [4.78, 5) is 23.7. The van der Waals surface area contributed by atoms with Crippen LogP contribution < -0.4 is 10.2 Å². The highest BCUT2D eigenvalue weighted by Gasteiger charge is 2.21. The zero-order valence-electron chi connectivity index (χ0n) is 13.9. The monoisotopic (exact) mass is 354 g/mol. The van der Waals surface area contributed by atoms with Gasteiger partial charge in [-0.2, -0.15) is 0 Å². The average molecular weight is 354 g/mol. The lowest BCUT2D eigenvalue weighted by atomic mass is 10.2. The van der Waals surface area contributed by atoms with E-state index in [1.807, 2.05) is 18.2 Å². The molecule has 1 aromatic heterocycles. The summed E-state index contributed by atoms with van der Waals surface area (Å²) in [6, 6.07) is 10.1. The molecule has 1 aliphatic rings. The third-order valence-corrected chi connectivity index (χ3v) is 4.31. The Balaban J connectivity index is 1.74. The fraction of sp³-hybridized carbons (Fsp3) is 0.211. The zero-order chi connectivity index (χ0) is 18.1. The number of aromatic nitrogens is 2. The van der Waals surface area contributed by atoms with Crippen molar-refractivity contribution in [2.45, 2.75) is 12.8 Å². The summed E-state index contributed by atoms with van der Waals surface area (Å²) in [5.74, 6) is -1.38. The lowest BCUT2D eigenvalue weighted by Gasteiger charge is -2.20. The molecule has 0 atom stereocenters. The van der Waals surface area contributed by atoms with Crippen LogP contribution in [-0.4, -0.2) is 29.0 Å². The van der Waals surface area contributed by atoms with E-state index in [4.69, 9.17) is 0 Å². The lowest BCUT2D eigenvalue weighted by Crippen LogP contribution is -2.23. The second-order valence-electron chi connectivity index (χ2n) is 6.19. The quantitative estimate of drug-likeness (QED) is 0.778. The maximum Gasteiger partial charge on any atom is 0.257 e. The van der Waals surface area contributed by atoms with Gasteiger partial charge in [0, 0.05) is 24.7 Å². The van der Waals surface area contributed by atoms with E-state index in [9.17, 15) is 13.6 Å². The molecule has 0 radical (unpaired) electrons. The summed E-state index contributed by atoms with van der Waals surface area (Å²) < 4.78 is 26.8. The van der Waals surface area contributed by atoms with Crippen LogP contribution in [-0.2, 0) is 0 Å². The Morgan fingerprint density at radius 1 is 0.962 bits per heavy atom. The van der Waals surface area contributed by atoms with Gasteiger partial charge in [0.15, 0.2) is 11.6 Å². The van der Waals surface area contributed by atoms with Gasteiger partial charge in [-0.05, 0) is 37.1 Å². The molecule has 26 heavy (non-hydrogen) atoms. The van der Waals surface area contributed by atoms with Gasteiger partial charge in [0.1, 0.15) is 11.6 Å². The van der Waals surface area contributed by atoms with Gasteiger partial charge in [0.25, 0.3) is 5.91 Å².